The fourth-order valence-corrected chi connectivity index (χ4v) is 2.02. The first-order chi connectivity index (χ1) is 5.88. The highest BCUT2D eigenvalue weighted by Crippen LogP contribution is 2.30. The van der Waals surface area contributed by atoms with Crippen LogP contribution in [0.1, 0.15) is 32.6 Å². The van der Waals surface area contributed by atoms with Crippen molar-refractivity contribution >= 4 is 0 Å². The van der Waals surface area contributed by atoms with Crippen molar-refractivity contribution < 1.29 is 4.74 Å². The molecular formula is C10H21NO. The van der Waals surface area contributed by atoms with E-state index in [4.69, 9.17) is 10.5 Å². The van der Waals surface area contributed by atoms with E-state index in [-0.39, 0.29) is 0 Å². The molecule has 0 heterocycles. The first-order valence-electron chi connectivity index (χ1n) is 5.16. The monoisotopic (exact) mass is 171 g/mol. The zero-order valence-corrected chi connectivity index (χ0v) is 8.09. The van der Waals surface area contributed by atoms with Crippen LogP contribution in [0.5, 0.6) is 0 Å². The Bertz CT molecular complexity index is 116. The lowest BCUT2D eigenvalue weighted by molar-refractivity contribution is 0.0874. The van der Waals surface area contributed by atoms with E-state index in [0.717, 1.165) is 38.0 Å². The lowest BCUT2D eigenvalue weighted by Gasteiger charge is -2.17. The molecule has 0 aliphatic heterocycles. The van der Waals surface area contributed by atoms with Gasteiger partial charge < -0.3 is 10.5 Å². The standard InChI is InChI=1S/C10H21NO/c1-2-6-12-8-10-5-3-4-9(10)7-11/h9-10H,2-8,11H2,1H3. The lowest BCUT2D eigenvalue weighted by atomic mass is 9.97. The van der Waals surface area contributed by atoms with E-state index in [9.17, 15) is 0 Å². The maximum atomic E-state index is 5.67. The molecule has 0 amide bonds. The van der Waals surface area contributed by atoms with E-state index in [1.54, 1.807) is 0 Å². The second kappa shape index (κ2) is 5.55. The summed E-state index contributed by atoms with van der Waals surface area (Å²) in [6.07, 6.45) is 5.12. The van der Waals surface area contributed by atoms with Crippen molar-refractivity contribution in [3.05, 3.63) is 0 Å². The Balaban J connectivity index is 2.12. The zero-order chi connectivity index (χ0) is 8.81. The van der Waals surface area contributed by atoms with Crippen molar-refractivity contribution in [1.29, 1.82) is 0 Å². The molecule has 2 N–H and O–H groups in total. The molecule has 0 aromatic rings. The minimum atomic E-state index is 0.738. The Labute approximate surface area is 75.5 Å². The number of hydrogen-bond acceptors (Lipinski definition) is 2. The van der Waals surface area contributed by atoms with Crippen LogP contribution in [0.15, 0.2) is 0 Å². The highest BCUT2D eigenvalue weighted by atomic mass is 16.5. The minimum Gasteiger partial charge on any atom is -0.381 e. The molecular weight excluding hydrogens is 150 g/mol. The highest BCUT2D eigenvalue weighted by Gasteiger charge is 2.25. The van der Waals surface area contributed by atoms with Crippen molar-refractivity contribution in [2.75, 3.05) is 19.8 Å². The summed E-state index contributed by atoms with van der Waals surface area (Å²) < 4.78 is 5.54. The predicted molar refractivity (Wildman–Crippen MR) is 51.0 cm³/mol. The van der Waals surface area contributed by atoms with Crippen LogP contribution in [0.25, 0.3) is 0 Å². The molecule has 1 aliphatic rings. The smallest absolute Gasteiger partial charge is 0.0497 e. The largest absolute Gasteiger partial charge is 0.381 e. The van der Waals surface area contributed by atoms with Gasteiger partial charge in [-0.15, -0.1) is 0 Å². The molecule has 72 valence electrons. The normalized spacial score (nSPS) is 29.5. The summed E-state index contributed by atoms with van der Waals surface area (Å²) in [7, 11) is 0. The van der Waals surface area contributed by atoms with Crippen LogP contribution in [0.4, 0.5) is 0 Å². The molecule has 2 atom stereocenters. The molecule has 0 bridgehead atoms. The fraction of sp³-hybridized carbons (Fsp3) is 1.00. The maximum Gasteiger partial charge on any atom is 0.0497 e. The van der Waals surface area contributed by atoms with E-state index in [1.165, 1.54) is 19.3 Å². The van der Waals surface area contributed by atoms with Crippen LogP contribution in [0, 0.1) is 11.8 Å². The van der Waals surface area contributed by atoms with Crippen molar-refractivity contribution in [3.63, 3.8) is 0 Å². The van der Waals surface area contributed by atoms with Gasteiger partial charge in [-0.25, -0.2) is 0 Å². The summed E-state index contributed by atoms with van der Waals surface area (Å²) in [4.78, 5) is 0. The molecule has 0 aromatic carbocycles. The van der Waals surface area contributed by atoms with Gasteiger partial charge in [0.15, 0.2) is 0 Å². The van der Waals surface area contributed by atoms with E-state index < -0.39 is 0 Å². The van der Waals surface area contributed by atoms with Crippen LogP contribution >= 0.6 is 0 Å². The number of nitrogens with two attached hydrogens (primary N) is 1. The fourth-order valence-electron chi connectivity index (χ4n) is 2.02. The third-order valence-electron chi connectivity index (χ3n) is 2.80. The van der Waals surface area contributed by atoms with Gasteiger partial charge in [-0.3, -0.25) is 0 Å². The molecule has 0 aromatic heterocycles. The average Bonchev–Trinajstić information content (AvgIpc) is 2.52. The highest BCUT2D eigenvalue weighted by molar-refractivity contribution is 4.77. The SMILES string of the molecule is CCCOCC1CCCC1CN. The molecule has 2 unspecified atom stereocenters. The van der Waals surface area contributed by atoms with Gasteiger partial charge in [-0.2, -0.15) is 0 Å². The van der Waals surface area contributed by atoms with Crippen molar-refractivity contribution in [3.8, 4) is 0 Å². The quantitative estimate of drug-likeness (QED) is 0.640. The third kappa shape index (κ3) is 2.76. The average molecular weight is 171 g/mol. The van der Waals surface area contributed by atoms with Gasteiger partial charge in [0.2, 0.25) is 0 Å². The van der Waals surface area contributed by atoms with Crippen molar-refractivity contribution in [2.45, 2.75) is 32.6 Å². The molecule has 0 saturated heterocycles. The summed E-state index contributed by atoms with van der Waals surface area (Å²) >= 11 is 0. The van der Waals surface area contributed by atoms with E-state index in [2.05, 4.69) is 6.92 Å². The van der Waals surface area contributed by atoms with Gasteiger partial charge in [0, 0.05) is 13.2 Å². The molecule has 12 heavy (non-hydrogen) atoms. The van der Waals surface area contributed by atoms with E-state index >= 15 is 0 Å². The second-order valence-electron chi connectivity index (χ2n) is 3.76. The van der Waals surface area contributed by atoms with Gasteiger partial charge >= 0.3 is 0 Å². The summed E-state index contributed by atoms with van der Waals surface area (Å²) in [5.41, 5.74) is 5.67. The summed E-state index contributed by atoms with van der Waals surface area (Å²) in [5.74, 6) is 1.49. The Morgan fingerprint density at radius 3 is 2.75 bits per heavy atom. The maximum absolute atomic E-state index is 5.67. The molecule has 1 rings (SSSR count). The van der Waals surface area contributed by atoms with Gasteiger partial charge in [0.25, 0.3) is 0 Å². The van der Waals surface area contributed by atoms with Gasteiger partial charge in [-0.05, 0) is 37.6 Å². The van der Waals surface area contributed by atoms with Crippen LogP contribution in [0.2, 0.25) is 0 Å². The molecule has 1 aliphatic carbocycles. The van der Waals surface area contributed by atoms with Crippen molar-refractivity contribution in [2.24, 2.45) is 17.6 Å². The molecule has 0 spiro atoms. The number of ether oxygens (including phenoxy) is 1. The molecule has 2 nitrogen and oxygen atoms in total. The summed E-state index contributed by atoms with van der Waals surface area (Å²) in [5, 5.41) is 0. The zero-order valence-electron chi connectivity index (χ0n) is 8.09. The van der Waals surface area contributed by atoms with Crippen LogP contribution < -0.4 is 5.73 Å². The molecule has 1 saturated carbocycles. The molecule has 2 heteroatoms. The Morgan fingerprint density at radius 1 is 1.33 bits per heavy atom. The molecule has 1 fully saturated rings. The molecule has 0 radical (unpaired) electrons. The Morgan fingerprint density at radius 2 is 2.08 bits per heavy atom. The van der Waals surface area contributed by atoms with E-state index in [0.29, 0.717) is 0 Å². The third-order valence-corrected chi connectivity index (χ3v) is 2.80. The topological polar surface area (TPSA) is 35.2 Å². The number of rotatable bonds is 5. The van der Waals surface area contributed by atoms with Crippen LogP contribution in [0.3, 0.4) is 0 Å². The van der Waals surface area contributed by atoms with Crippen LogP contribution in [-0.4, -0.2) is 19.8 Å². The minimum absolute atomic E-state index is 0.738. The van der Waals surface area contributed by atoms with Gasteiger partial charge in [-0.1, -0.05) is 13.3 Å². The van der Waals surface area contributed by atoms with Gasteiger partial charge in [0.05, 0.1) is 0 Å². The lowest BCUT2D eigenvalue weighted by Crippen LogP contribution is -2.22. The van der Waals surface area contributed by atoms with Crippen molar-refractivity contribution in [1.82, 2.24) is 0 Å². The Hall–Kier alpha value is -0.0800. The van der Waals surface area contributed by atoms with Gasteiger partial charge in [0.1, 0.15) is 0 Å². The number of hydrogen-bond donors (Lipinski definition) is 1. The van der Waals surface area contributed by atoms with Crippen LogP contribution in [-0.2, 0) is 4.74 Å². The first kappa shape index (κ1) is 10.0. The van der Waals surface area contributed by atoms with E-state index in [1.807, 2.05) is 0 Å². The Kier molecular flexibility index (Phi) is 4.62. The second-order valence-corrected chi connectivity index (χ2v) is 3.76. The summed E-state index contributed by atoms with van der Waals surface area (Å²) in [6, 6.07) is 0. The predicted octanol–water partition coefficient (Wildman–Crippen LogP) is 1.79. The first-order valence-corrected chi connectivity index (χ1v) is 5.16. The summed E-state index contributed by atoms with van der Waals surface area (Å²) in [6.45, 7) is 4.85.